The average molecular weight is 591 g/mol. The van der Waals surface area contributed by atoms with Crippen molar-refractivity contribution in [1.29, 1.82) is 0 Å². The number of hydrogen-bond donors (Lipinski definition) is 3. The van der Waals surface area contributed by atoms with Crippen molar-refractivity contribution in [2.75, 3.05) is 23.9 Å². The number of aromatic amines is 1. The summed E-state index contributed by atoms with van der Waals surface area (Å²) in [5.41, 5.74) is -1.40. The zero-order valence-corrected chi connectivity index (χ0v) is 21.5. The number of β-lactam (4-membered cyclic amide) rings is 1. The van der Waals surface area contributed by atoms with Crippen LogP contribution in [0.2, 0.25) is 0 Å². The molecule has 0 bridgehead atoms. The van der Waals surface area contributed by atoms with Crippen LogP contribution in [0.4, 0.5) is 0 Å². The van der Waals surface area contributed by atoms with Crippen LogP contribution >= 0.6 is 39.5 Å². The number of nitrogens with one attached hydrogen (secondary N) is 2. The molecule has 1 saturated heterocycles. The lowest BCUT2D eigenvalue weighted by Crippen LogP contribution is -2.71. The number of alkyl halides is 1. The van der Waals surface area contributed by atoms with Gasteiger partial charge in [0.25, 0.3) is 11.8 Å². The summed E-state index contributed by atoms with van der Waals surface area (Å²) in [6.45, 7) is 0. The Bertz CT molecular complexity index is 1260. The van der Waals surface area contributed by atoms with Gasteiger partial charge in [-0.25, -0.2) is 4.79 Å². The minimum absolute atomic E-state index is 0.0844. The molecule has 0 aromatic carbocycles. The van der Waals surface area contributed by atoms with Gasteiger partial charge in [-0.2, -0.15) is 4.98 Å². The summed E-state index contributed by atoms with van der Waals surface area (Å²) in [5.74, 6) is -3.50. The van der Waals surface area contributed by atoms with E-state index in [1.807, 2.05) is 0 Å². The molecule has 2 atom stereocenters. The molecule has 3 N–H and O–H groups in total. The number of carboxylic acids is 1. The SMILES string of the molecule is CO/N=C(/CBr)CC(=O)C(=O)N[C@@H]1C(=O)N2C(C(=O)O)=C(CSc3nc(=O)c(=O)[nH]n3C)CS[C@H]12. The quantitative estimate of drug-likeness (QED) is 0.0728. The number of aliphatic carboxylic acids is 1. The number of amides is 2. The molecule has 1 fully saturated rings. The second-order valence-electron chi connectivity index (χ2n) is 7.18. The number of nitrogens with zero attached hydrogens (tertiary/aromatic N) is 4. The van der Waals surface area contributed by atoms with Gasteiger partial charge in [-0.1, -0.05) is 32.8 Å². The fourth-order valence-corrected chi connectivity index (χ4v) is 5.96. The number of aromatic nitrogens is 3. The molecule has 14 nitrogen and oxygen atoms in total. The zero-order chi connectivity index (χ0) is 25.9. The van der Waals surface area contributed by atoms with Crippen molar-refractivity contribution in [2.24, 2.45) is 12.2 Å². The monoisotopic (exact) mass is 590 g/mol. The molecule has 17 heteroatoms. The lowest BCUT2D eigenvalue weighted by Gasteiger charge is -2.49. The van der Waals surface area contributed by atoms with Crippen molar-refractivity contribution in [3.8, 4) is 0 Å². The first-order chi connectivity index (χ1) is 16.6. The molecule has 2 amide bonds. The molecule has 0 unspecified atom stereocenters. The number of fused-ring (bicyclic) bond motifs is 1. The lowest BCUT2D eigenvalue weighted by atomic mass is 10.0. The van der Waals surface area contributed by atoms with Crippen molar-refractivity contribution >= 4 is 68.7 Å². The van der Waals surface area contributed by atoms with Crippen molar-refractivity contribution in [2.45, 2.75) is 23.0 Å². The highest BCUT2D eigenvalue weighted by atomic mass is 79.9. The van der Waals surface area contributed by atoms with Crippen LogP contribution in [0.1, 0.15) is 6.42 Å². The molecule has 3 rings (SSSR count). The second-order valence-corrected chi connectivity index (χ2v) is 9.79. The van der Waals surface area contributed by atoms with Gasteiger partial charge in [0.05, 0.1) is 12.1 Å². The van der Waals surface area contributed by atoms with Crippen LogP contribution in [0.25, 0.3) is 0 Å². The van der Waals surface area contributed by atoms with Crippen molar-refractivity contribution in [3.63, 3.8) is 0 Å². The van der Waals surface area contributed by atoms with Crippen LogP contribution in [-0.4, -0.2) is 89.4 Å². The Morgan fingerprint density at radius 3 is 2.71 bits per heavy atom. The average Bonchev–Trinajstić information content (AvgIpc) is 2.82. The van der Waals surface area contributed by atoms with E-state index in [0.717, 1.165) is 16.7 Å². The molecular formula is C18H19BrN6O8S2. The molecule has 0 aliphatic carbocycles. The molecule has 1 aromatic rings. The number of halogens is 1. The van der Waals surface area contributed by atoms with Gasteiger partial charge < -0.3 is 15.3 Å². The third-order valence-electron chi connectivity index (χ3n) is 4.85. The number of hydrogen-bond acceptors (Lipinski definition) is 11. The van der Waals surface area contributed by atoms with E-state index in [4.69, 9.17) is 0 Å². The predicted octanol–water partition coefficient (Wildman–Crippen LogP) is -1.34. The Hall–Kier alpha value is -2.92. The number of thioether (sulfide) groups is 2. The summed E-state index contributed by atoms with van der Waals surface area (Å²) >= 11 is 5.38. The number of aryl methyl sites for hydroxylation is 1. The van der Waals surface area contributed by atoms with Gasteiger partial charge in [0.1, 0.15) is 24.2 Å². The number of ketones is 1. The van der Waals surface area contributed by atoms with E-state index < -0.39 is 46.1 Å². The fourth-order valence-electron chi connectivity index (χ4n) is 3.26. The van der Waals surface area contributed by atoms with Crippen LogP contribution in [0, 0.1) is 0 Å². The predicted molar refractivity (Wildman–Crippen MR) is 128 cm³/mol. The van der Waals surface area contributed by atoms with Gasteiger partial charge in [0.2, 0.25) is 5.78 Å². The largest absolute Gasteiger partial charge is 0.477 e. The Morgan fingerprint density at radius 1 is 1.37 bits per heavy atom. The molecule has 1 aromatic heterocycles. The Labute approximate surface area is 213 Å². The van der Waals surface area contributed by atoms with Gasteiger partial charge in [0, 0.05) is 23.9 Å². The zero-order valence-electron chi connectivity index (χ0n) is 18.3. The number of H-pyrrole nitrogens is 1. The van der Waals surface area contributed by atoms with Crippen LogP contribution in [0.5, 0.6) is 0 Å². The molecule has 2 aliphatic heterocycles. The highest BCUT2D eigenvalue weighted by Gasteiger charge is 2.54. The van der Waals surface area contributed by atoms with Gasteiger partial charge >= 0.3 is 17.1 Å². The number of Topliss-reactive ketones (excluding diaryl/α,β-unsaturated/α-hetero) is 1. The summed E-state index contributed by atoms with van der Waals surface area (Å²) in [5, 5.41) is 17.7. The van der Waals surface area contributed by atoms with Gasteiger partial charge in [0.15, 0.2) is 5.16 Å². The Balaban J connectivity index is 1.72. The van der Waals surface area contributed by atoms with E-state index in [-0.39, 0.29) is 39.8 Å². The fraction of sp³-hybridized carbons (Fsp3) is 0.444. The van der Waals surface area contributed by atoms with Crippen LogP contribution < -0.4 is 16.4 Å². The van der Waals surface area contributed by atoms with E-state index in [2.05, 4.69) is 41.3 Å². The summed E-state index contributed by atoms with van der Waals surface area (Å²) in [6.07, 6.45) is -0.309. The van der Waals surface area contributed by atoms with E-state index in [9.17, 15) is 33.9 Å². The second kappa shape index (κ2) is 11.2. The number of rotatable bonds is 10. The summed E-state index contributed by atoms with van der Waals surface area (Å²) in [4.78, 5) is 81.4. The highest BCUT2D eigenvalue weighted by Crippen LogP contribution is 2.41. The number of carbonyl (C=O) groups is 4. The molecule has 0 saturated carbocycles. The molecule has 35 heavy (non-hydrogen) atoms. The van der Waals surface area contributed by atoms with Gasteiger partial charge in [-0.05, 0) is 5.57 Å². The van der Waals surface area contributed by atoms with E-state index in [0.29, 0.717) is 5.57 Å². The number of oxime groups is 1. The first-order valence-electron chi connectivity index (χ1n) is 9.77. The first kappa shape index (κ1) is 26.7. The summed E-state index contributed by atoms with van der Waals surface area (Å²) in [6, 6.07) is -1.06. The minimum Gasteiger partial charge on any atom is -0.477 e. The van der Waals surface area contributed by atoms with Crippen molar-refractivity contribution in [1.82, 2.24) is 25.0 Å². The van der Waals surface area contributed by atoms with Crippen LogP contribution in [-0.2, 0) is 31.1 Å². The standard InChI is InChI=1S/C18H19BrN6O8S2/c1-24-18(21-13(28)14(29)22-24)35-6-7-5-34-16-10(15(30)25(16)11(7)17(31)32)20-12(27)9(26)3-8(4-19)23-33-2/h10,16H,3-6H2,1-2H3,(H,20,27)(H,22,29)(H,31,32)/b23-8+/t10-,16-/m1/s1. The number of carboxylic acid groups (broad SMARTS) is 1. The van der Waals surface area contributed by atoms with Crippen molar-refractivity contribution in [3.05, 3.63) is 32.0 Å². The molecule has 0 spiro atoms. The molecule has 0 radical (unpaired) electrons. The van der Waals surface area contributed by atoms with E-state index in [1.165, 1.54) is 30.6 Å². The maximum Gasteiger partial charge on any atom is 0.352 e. The van der Waals surface area contributed by atoms with E-state index in [1.54, 1.807) is 0 Å². The maximum atomic E-state index is 12.7. The minimum atomic E-state index is -1.33. The topological polar surface area (TPSA) is 193 Å². The van der Waals surface area contributed by atoms with Crippen molar-refractivity contribution < 1.29 is 29.1 Å². The van der Waals surface area contributed by atoms with Crippen LogP contribution in [0.15, 0.2) is 31.2 Å². The molecule has 188 valence electrons. The Morgan fingerprint density at radius 2 is 2.09 bits per heavy atom. The van der Waals surface area contributed by atoms with Crippen LogP contribution in [0.3, 0.4) is 0 Å². The third-order valence-corrected chi connectivity index (χ3v) is 7.96. The summed E-state index contributed by atoms with van der Waals surface area (Å²) < 4.78 is 1.24. The molecule has 3 heterocycles. The van der Waals surface area contributed by atoms with Gasteiger partial charge in [-0.3, -0.25) is 38.7 Å². The smallest absolute Gasteiger partial charge is 0.352 e. The normalized spacial score (nSPS) is 19.7. The van der Waals surface area contributed by atoms with Gasteiger partial charge in [-0.15, -0.1) is 11.8 Å². The lowest BCUT2D eigenvalue weighted by molar-refractivity contribution is -0.151. The highest BCUT2D eigenvalue weighted by molar-refractivity contribution is 9.09. The Kier molecular flexibility index (Phi) is 8.55. The number of carbonyl (C=O) groups excluding carboxylic acids is 3. The van der Waals surface area contributed by atoms with E-state index >= 15 is 0 Å². The molecular weight excluding hydrogens is 572 g/mol. The molecule has 2 aliphatic rings. The maximum absolute atomic E-state index is 12.7. The first-order valence-corrected chi connectivity index (χ1v) is 12.9. The third kappa shape index (κ3) is 5.67. The summed E-state index contributed by atoms with van der Waals surface area (Å²) in [7, 11) is 2.78.